The first kappa shape index (κ1) is 101. The van der Waals surface area contributed by atoms with Crippen LogP contribution in [0.5, 0.6) is 0 Å². The van der Waals surface area contributed by atoms with Crippen LogP contribution in [0.3, 0.4) is 0 Å². The van der Waals surface area contributed by atoms with Gasteiger partial charge in [-0.25, -0.2) is 9.13 Å². The Morgan fingerprint density at radius 1 is 0.269 bits per heavy atom. The van der Waals surface area contributed by atoms with E-state index in [1.807, 2.05) is 24.3 Å². The molecular weight excluding hydrogens is 1400 g/mol. The third-order valence-corrected chi connectivity index (χ3v) is 17.4. The molecular formula is C89H138O17P2. The molecule has 0 rings (SSSR count). The molecule has 606 valence electrons. The standard InChI is InChI=1S/C89H138O17P2/c1-5-9-13-17-21-25-29-33-37-40-41-44-47-50-54-58-62-66-70-74-87(92)100-80-85(106-89(94)76-72-68-64-60-56-52-48-43-39-35-31-27-23-19-15-11-7-3)82-104-108(97,98)102-78-83(90)77-101-107(95,96)103-81-84(105-88(93)75-71-67-63-59-55-51-45-36-32-28-24-20-16-12-8-4)79-99-86(91)73-69-65-61-57-53-49-46-42-38-34-30-26-22-18-14-10-6-2/h9-16,21-28,33-39,41,44-45,48,50,52,54-55,59-60,64,67,71,83-85,90H,5-8,17-20,29-32,40,42-43,46-47,49,51,53,56-58,61-63,65-66,68-70,72-82H2,1-4H3,(H,95,96)(H,97,98)/b13-9-,14-10-,15-11-,16-12-,25-21-,26-22-,27-23-,28-24-,37-33-,38-34-,39-35-,44-41-,45-36-,52-48-,54-50-,59-55-,64-60-,71-67-. The van der Waals surface area contributed by atoms with Crippen molar-refractivity contribution in [1.82, 2.24) is 0 Å². The normalized spacial score (nSPS) is 15.0. The van der Waals surface area contributed by atoms with Gasteiger partial charge in [0.1, 0.15) is 19.3 Å². The average Bonchev–Trinajstić information content (AvgIpc) is 0.906. The molecule has 3 N–H and O–H groups in total. The lowest BCUT2D eigenvalue weighted by Gasteiger charge is -2.21. The minimum atomic E-state index is -5.02. The fourth-order valence-corrected chi connectivity index (χ4v) is 11.1. The maximum atomic E-state index is 13.1. The van der Waals surface area contributed by atoms with Crippen molar-refractivity contribution in [1.29, 1.82) is 0 Å². The molecule has 0 aromatic heterocycles. The van der Waals surface area contributed by atoms with Crippen molar-refractivity contribution in [2.24, 2.45) is 0 Å². The highest BCUT2D eigenvalue weighted by Gasteiger charge is 2.30. The van der Waals surface area contributed by atoms with Crippen LogP contribution in [0.15, 0.2) is 219 Å². The highest BCUT2D eigenvalue weighted by Crippen LogP contribution is 2.45. The maximum absolute atomic E-state index is 13.1. The van der Waals surface area contributed by atoms with E-state index in [2.05, 4.69) is 210 Å². The molecule has 0 heterocycles. The van der Waals surface area contributed by atoms with Gasteiger partial charge < -0.3 is 33.8 Å². The molecule has 0 aromatic carbocycles. The van der Waals surface area contributed by atoms with Gasteiger partial charge in [-0.05, 0) is 167 Å². The molecule has 0 radical (unpaired) electrons. The van der Waals surface area contributed by atoms with Gasteiger partial charge in [-0.2, -0.15) is 0 Å². The lowest BCUT2D eigenvalue weighted by atomic mass is 10.1. The van der Waals surface area contributed by atoms with Gasteiger partial charge in [-0.3, -0.25) is 37.3 Å². The summed E-state index contributed by atoms with van der Waals surface area (Å²) >= 11 is 0. The van der Waals surface area contributed by atoms with E-state index >= 15 is 0 Å². The number of carbonyl (C=O) groups excluding carboxylic acids is 4. The minimum absolute atomic E-state index is 0.00362. The Labute approximate surface area is 651 Å². The van der Waals surface area contributed by atoms with Gasteiger partial charge in [-0.15, -0.1) is 0 Å². The smallest absolute Gasteiger partial charge is 0.462 e. The number of hydrogen-bond acceptors (Lipinski definition) is 15. The zero-order valence-electron chi connectivity index (χ0n) is 66.2. The number of hydrogen-bond donors (Lipinski definition) is 3. The summed E-state index contributed by atoms with van der Waals surface area (Å²) in [4.78, 5) is 73.0. The zero-order chi connectivity index (χ0) is 78.9. The number of phosphoric ester groups is 2. The van der Waals surface area contributed by atoms with Crippen molar-refractivity contribution in [3.63, 3.8) is 0 Å². The van der Waals surface area contributed by atoms with Crippen molar-refractivity contribution in [2.45, 2.75) is 277 Å². The van der Waals surface area contributed by atoms with Crippen molar-refractivity contribution in [2.75, 3.05) is 39.6 Å². The summed E-state index contributed by atoms with van der Waals surface area (Å²) in [7, 11) is -10.0. The van der Waals surface area contributed by atoms with E-state index in [0.717, 1.165) is 173 Å². The van der Waals surface area contributed by atoms with Crippen molar-refractivity contribution < 1.29 is 80.2 Å². The Kier molecular flexibility index (Phi) is 73.7. The molecule has 108 heavy (non-hydrogen) atoms. The second-order valence-corrected chi connectivity index (χ2v) is 28.4. The van der Waals surface area contributed by atoms with Crippen LogP contribution in [0.2, 0.25) is 0 Å². The number of carbonyl (C=O) groups is 4. The summed E-state index contributed by atoms with van der Waals surface area (Å²) in [6.45, 7) is 4.15. The summed E-state index contributed by atoms with van der Waals surface area (Å²) in [6, 6.07) is 0. The van der Waals surface area contributed by atoms with E-state index in [1.165, 1.54) is 0 Å². The van der Waals surface area contributed by atoms with Gasteiger partial charge in [0, 0.05) is 19.3 Å². The second kappa shape index (κ2) is 78.5. The van der Waals surface area contributed by atoms with E-state index in [1.54, 1.807) is 12.2 Å². The van der Waals surface area contributed by atoms with E-state index in [0.29, 0.717) is 32.1 Å². The summed E-state index contributed by atoms with van der Waals surface area (Å²) in [5.41, 5.74) is 0. The van der Waals surface area contributed by atoms with Gasteiger partial charge in [-0.1, -0.05) is 285 Å². The zero-order valence-corrected chi connectivity index (χ0v) is 68.0. The number of aliphatic hydroxyl groups excluding tert-OH is 1. The highest BCUT2D eigenvalue weighted by molar-refractivity contribution is 7.47. The fraction of sp³-hybridized carbons (Fsp3) is 0.551. The molecule has 19 heteroatoms. The summed E-state index contributed by atoms with van der Waals surface area (Å²) in [5.74, 6) is -2.47. The predicted molar refractivity (Wildman–Crippen MR) is 445 cm³/mol. The van der Waals surface area contributed by atoms with Gasteiger partial charge in [0.25, 0.3) is 0 Å². The molecule has 0 saturated carbocycles. The van der Waals surface area contributed by atoms with Crippen molar-refractivity contribution in [3.8, 4) is 0 Å². The number of ether oxygens (including phenoxy) is 4. The molecule has 17 nitrogen and oxygen atoms in total. The molecule has 0 bridgehead atoms. The molecule has 0 aliphatic rings. The van der Waals surface area contributed by atoms with Crippen LogP contribution in [0.1, 0.15) is 259 Å². The SMILES string of the molecule is CC/C=C\C/C=C\C/C=C\C/C=C\C/C=C\CCCCCC(=O)OCC(COP(=O)(O)OCC(O)COP(=O)(O)OCC(COC(=O)CCCCCCCCC/C=C\C/C=C\C/C=C\CC)OC(=O)C/C=C\C/C=C\C/C=C\C/C=C\C/C=C\CC)OC(=O)CCC/C=C\C/C=C\C/C=C\C/C=C\C/C=C\CC. The van der Waals surface area contributed by atoms with Crippen LogP contribution in [0.25, 0.3) is 0 Å². The van der Waals surface area contributed by atoms with Crippen molar-refractivity contribution in [3.05, 3.63) is 219 Å². The van der Waals surface area contributed by atoms with E-state index in [-0.39, 0.29) is 25.7 Å². The van der Waals surface area contributed by atoms with Gasteiger partial charge in [0.15, 0.2) is 12.2 Å². The van der Waals surface area contributed by atoms with E-state index in [4.69, 9.17) is 37.0 Å². The van der Waals surface area contributed by atoms with Crippen LogP contribution in [-0.4, -0.2) is 96.7 Å². The maximum Gasteiger partial charge on any atom is 0.472 e. The molecule has 0 fully saturated rings. The molecule has 0 amide bonds. The monoisotopic (exact) mass is 1540 g/mol. The van der Waals surface area contributed by atoms with Gasteiger partial charge in [0.05, 0.1) is 32.8 Å². The van der Waals surface area contributed by atoms with Crippen LogP contribution in [-0.2, 0) is 65.4 Å². The first-order valence-electron chi connectivity index (χ1n) is 40.0. The van der Waals surface area contributed by atoms with E-state index < -0.39 is 97.5 Å². The highest BCUT2D eigenvalue weighted by atomic mass is 31.2. The Bertz CT molecular complexity index is 2910. The Morgan fingerprint density at radius 3 is 0.815 bits per heavy atom. The number of allylic oxidation sites excluding steroid dienone is 35. The van der Waals surface area contributed by atoms with Gasteiger partial charge >= 0.3 is 39.5 Å². The summed E-state index contributed by atoms with van der Waals surface area (Å²) in [5, 5.41) is 10.6. The Balaban J connectivity index is 5.55. The minimum Gasteiger partial charge on any atom is -0.462 e. The van der Waals surface area contributed by atoms with Crippen LogP contribution in [0.4, 0.5) is 0 Å². The third-order valence-electron chi connectivity index (χ3n) is 15.5. The fourth-order valence-electron chi connectivity index (χ4n) is 9.55. The van der Waals surface area contributed by atoms with Gasteiger partial charge in [0.2, 0.25) is 0 Å². The summed E-state index contributed by atoms with van der Waals surface area (Å²) in [6.07, 6.45) is 99.6. The molecule has 0 aliphatic carbocycles. The third kappa shape index (κ3) is 77.5. The number of aliphatic hydroxyl groups is 1. The molecule has 0 aromatic rings. The van der Waals surface area contributed by atoms with E-state index in [9.17, 15) is 43.2 Å². The molecule has 0 spiro atoms. The topological polar surface area (TPSA) is 237 Å². The lowest BCUT2D eigenvalue weighted by Crippen LogP contribution is -2.30. The average molecular weight is 1540 g/mol. The molecule has 5 atom stereocenters. The number of phosphoric acid groups is 2. The Morgan fingerprint density at radius 2 is 0.500 bits per heavy atom. The van der Waals surface area contributed by atoms with Crippen LogP contribution < -0.4 is 0 Å². The first-order valence-corrected chi connectivity index (χ1v) is 43.0. The van der Waals surface area contributed by atoms with Crippen molar-refractivity contribution >= 4 is 39.5 Å². The Hall–Kier alpha value is -6.62. The molecule has 0 saturated heterocycles. The second-order valence-electron chi connectivity index (χ2n) is 25.5. The largest absolute Gasteiger partial charge is 0.472 e. The predicted octanol–water partition coefficient (Wildman–Crippen LogP) is 23.7. The molecule has 0 aliphatic heterocycles. The lowest BCUT2D eigenvalue weighted by molar-refractivity contribution is -0.161. The molecule has 5 unspecified atom stereocenters. The number of esters is 4. The van der Waals surface area contributed by atoms with Crippen LogP contribution >= 0.6 is 15.6 Å². The number of rotatable bonds is 72. The van der Waals surface area contributed by atoms with Crippen LogP contribution in [0, 0.1) is 0 Å². The first-order chi connectivity index (χ1) is 52.7. The quantitative estimate of drug-likeness (QED) is 0.0169. The summed E-state index contributed by atoms with van der Waals surface area (Å²) < 4.78 is 68.4. The number of unbranched alkanes of at least 4 members (excludes halogenated alkanes) is 11.